The van der Waals surface area contributed by atoms with Crippen molar-refractivity contribution >= 4 is 15.9 Å². The Morgan fingerprint density at radius 1 is 1.00 bits per heavy atom. The molecule has 2 N–H and O–H groups in total. The van der Waals surface area contributed by atoms with Gasteiger partial charge in [-0.3, -0.25) is 4.79 Å². The Balaban J connectivity index is 1.32. The summed E-state index contributed by atoms with van der Waals surface area (Å²) >= 11 is 0. The lowest BCUT2D eigenvalue weighted by atomic mass is 9.88. The largest absolute Gasteiger partial charge is 0.484 e. The van der Waals surface area contributed by atoms with Crippen LogP contribution in [-0.2, 0) is 21.2 Å². The Hall–Kier alpha value is -3.16. The van der Waals surface area contributed by atoms with Gasteiger partial charge in [-0.15, -0.1) is 0 Å². The summed E-state index contributed by atoms with van der Waals surface area (Å²) in [6, 6.07) is 23.3. The Bertz CT molecular complexity index is 1190. The summed E-state index contributed by atoms with van der Waals surface area (Å²) in [5.41, 5.74) is 3.33. The molecule has 7 heteroatoms. The van der Waals surface area contributed by atoms with Crippen molar-refractivity contribution < 1.29 is 17.9 Å². The molecule has 2 unspecified atom stereocenters. The maximum Gasteiger partial charge on any atom is 0.258 e. The fourth-order valence-electron chi connectivity index (χ4n) is 4.11. The van der Waals surface area contributed by atoms with E-state index in [-0.39, 0.29) is 29.5 Å². The van der Waals surface area contributed by atoms with Gasteiger partial charge in [0.05, 0.1) is 10.9 Å². The summed E-state index contributed by atoms with van der Waals surface area (Å²) in [4.78, 5) is 12.6. The molecule has 3 aromatic carbocycles. The molecule has 1 amide bonds. The molecule has 3 aromatic rings. The predicted molar refractivity (Wildman–Crippen MR) is 127 cm³/mol. The van der Waals surface area contributed by atoms with Gasteiger partial charge in [-0.2, -0.15) is 0 Å². The highest BCUT2D eigenvalue weighted by Gasteiger charge is 2.22. The molecule has 4 rings (SSSR count). The topological polar surface area (TPSA) is 84.5 Å². The Kier molecular flexibility index (Phi) is 7.11. The van der Waals surface area contributed by atoms with Crippen molar-refractivity contribution in [2.45, 2.75) is 43.2 Å². The summed E-state index contributed by atoms with van der Waals surface area (Å²) in [7, 11) is -3.69. The Morgan fingerprint density at radius 3 is 2.45 bits per heavy atom. The van der Waals surface area contributed by atoms with Crippen LogP contribution < -0.4 is 14.8 Å². The SMILES string of the molecule is CC(NS(=O)(=O)c1ccc(OCC(=O)NC2CCCc3ccccc32)cc1)c1ccccc1. The molecule has 0 aliphatic heterocycles. The summed E-state index contributed by atoms with van der Waals surface area (Å²) in [6.07, 6.45) is 2.98. The van der Waals surface area contributed by atoms with Crippen molar-refractivity contribution in [3.8, 4) is 5.75 Å². The van der Waals surface area contributed by atoms with Gasteiger partial charge in [-0.1, -0.05) is 54.6 Å². The number of ether oxygens (including phenoxy) is 1. The highest BCUT2D eigenvalue weighted by molar-refractivity contribution is 7.89. The first-order valence-electron chi connectivity index (χ1n) is 11.1. The normalized spacial score (nSPS) is 16.5. The van der Waals surface area contributed by atoms with Gasteiger partial charge in [0.1, 0.15) is 5.75 Å². The van der Waals surface area contributed by atoms with Crippen LogP contribution in [0.25, 0.3) is 0 Å². The standard InChI is InChI=1S/C26H28N2O4S/c1-19(20-8-3-2-4-9-20)28-33(30,31)23-16-14-22(15-17-23)32-18-26(29)27-25-13-7-11-21-10-5-6-12-24(21)25/h2-6,8-10,12,14-17,19,25,28H,7,11,13,18H2,1H3,(H,27,29). The first-order chi connectivity index (χ1) is 15.9. The first kappa shape index (κ1) is 23.0. The van der Waals surface area contributed by atoms with Gasteiger partial charge in [0.2, 0.25) is 10.0 Å². The molecular weight excluding hydrogens is 436 g/mol. The van der Waals surface area contributed by atoms with E-state index in [1.165, 1.54) is 23.3 Å². The van der Waals surface area contributed by atoms with Crippen LogP contribution in [0.4, 0.5) is 0 Å². The average Bonchev–Trinajstić information content (AvgIpc) is 2.83. The molecule has 0 saturated carbocycles. The van der Waals surface area contributed by atoms with Crippen molar-refractivity contribution in [3.05, 3.63) is 95.6 Å². The number of carbonyl (C=O) groups is 1. The van der Waals surface area contributed by atoms with Crippen LogP contribution in [-0.4, -0.2) is 20.9 Å². The summed E-state index contributed by atoms with van der Waals surface area (Å²) in [5, 5.41) is 3.05. The lowest BCUT2D eigenvalue weighted by molar-refractivity contribution is -0.124. The van der Waals surface area contributed by atoms with E-state index in [9.17, 15) is 13.2 Å². The number of hydrogen-bond acceptors (Lipinski definition) is 4. The third-order valence-corrected chi connectivity index (χ3v) is 7.40. The van der Waals surface area contributed by atoms with Gasteiger partial charge >= 0.3 is 0 Å². The minimum absolute atomic E-state index is 0.00347. The molecule has 0 saturated heterocycles. The van der Waals surface area contributed by atoms with E-state index in [2.05, 4.69) is 22.2 Å². The second-order valence-electron chi connectivity index (χ2n) is 8.22. The van der Waals surface area contributed by atoms with Crippen LogP contribution in [0.3, 0.4) is 0 Å². The molecule has 1 aliphatic carbocycles. The minimum atomic E-state index is -3.69. The molecule has 0 radical (unpaired) electrons. The van der Waals surface area contributed by atoms with Crippen molar-refractivity contribution in [1.29, 1.82) is 0 Å². The van der Waals surface area contributed by atoms with E-state index in [1.54, 1.807) is 19.1 Å². The highest BCUT2D eigenvalue weighted by atomic mass is 32.2. The quantitative estimate of drug-likeness (QED) is 0.521. The molecule has 0 aromatic heterocycles. The highest BCUT2D eigenvalue weighted by Crippen LogP contribution is 2.29. The number of fused-ring (bicyclic) bond motifs is 1. The molecular formula is C26H28N2O4S. The van der Waals surface area contributed by atoms with Gasteiger partial charge < -0.3 is 10.1 Å². The maximum atomic E-state index is 12.7. The van der Waals surface area contributed by atoms with Crippen LogP contribution >= 0.6 is 0 Å². The first-order valence-corrected chi connectivity index (χ1v) is 12.6. The van der Waals surface area contributed by atoms with Gasteiger partial charge in [0.25, 0.3) is 5.91 Å². The van der Waals surface area contributed by atoms with Crippen LogP contribution in [0.15, 0.2) is 83.8 Å². The number of carbonyl (C=O) groups excluding carboxylic acids is 1. The van der Waals surface area contributed by atoms with Crippen LogP contribution in [0.1, 0.15) is 48.5 Å². The molecule has 0 heterocycles. The van der Waals surface area contributed by atoms with E-state index in [0.29, 0.717) is 5.75 Å². The number of sulfonamides is 1. The van der Waals surface area contributed by atoms with E-state index >= 15 is 0 Å². The molecule has 33 heavy (non-hydrogen) atoms. The van der Waals surface area contributed by atoms with E-state index in [4.69, 9.17) is 4.74 Å². The van der Waals surface area contributed by atoms with Crippen LogP contribution in [0.5, 0.6) is 5.75 Å². The Labute approximate surface area is 195 Å². The van der Waals surface area contributed by atoms with Gasteiger partial charge in [-0.25, -0.2) is 13.1 Å². The average molecular weight is 465 g/mol. The number of rotatable bonds is 8. The van der Waals surface area contributed by atoms with Crippen LogP contribution in [0.2, 0.25) is 0 Å². The summed E-state index contributed by atoms with van der Waals surface area (Å²) < 4.78 is 33.7. The third-order valence-electron chi connectivity index (χ3n) is 5.84. The second kappa shape index (κ2) is 10.2. The molecule has 0 fully saturated rings. The van der Waals surface area contributed by atoms with Crippen molar-refractivity contribution in [3.63, 3.8) is 0 Å². The number of benzene rings is 3. The molecule has 2 atom stereocenters. The minimum Gasteiger partial charge on any atom is -0.484 e. The van der Waals surface area contributed by atoms with Crippen molar-refractivity contribution in [1.82, 2.24) is 10.0 Å². The fourth-order valence-corrected chi connectivity index (χ4v) is 5.35. The number of aryl methyl sites for hydroxylation is 1. The molecule has 1 aliphatic rings. The zero-order valence-electron chi connectivity index (χ0n) is 18.5. The van der Waals surface area contributed by atoms with Gasteiger partial charge in [0.15, 0.2) is 6.61 Å². The van der Waals surface area contributed by atoms with Crippen LogP contribution in [0, 0.1) is 0 Å². The predicted octanol–water partition coefficient (Wildman–Crippen LogP) is 4.30. The van der Waals surface area contributed by atoms with E-state index < -0.39 is 10.0 Å². The zero-order valence-corrected chi connectivity index (χ0v) is 19.3. The molecule has 0 bridgehead atoms. The van der Waals surface area contributed by atoms with Crippen molar-refractivity contribution in [2.75, 3.05) is 6.61 Å². The zero-order chi connectivity index (χ0) is 23.3. The lowest BCUT2D eigenvalue weighted by Crippen LogP contribution is -2.34. The number of amides is 1. The van der Waals surface area contributed by atoms with E-state index in [0.717, 1.165) is 24.8 Å². The molecule has 0 spiro atoms. The Morgan fingerprint density at radius 2 is 1.70 bits per heavy atom. The van der Waals surface area contributed by atoms with Gasteiger partial charge in [0, 0.05) is 6.04 Å². The maximum absolute atomic E-state index is 12.7. The van der Waals surface area contributed by atoms with Crippen molar-refractivity contribution in [2.24, 2.45) is 0 Å². The summed E-state index contributed by atoms with van der Waals surface area (Å²) in [5.74, 6) is 0.232. The van der Waals surface area contributed by atoms with E-state index in [1.807, 2.05) is 42.5 Å². The fraction of sp³-hybridized carbons (Fsp3) is 0.269. The van der Waals surface area contributed by atoms with Gasteiger partial charge in [-0.05, 0) is 67.1 Å². The number of nitrogens with one attached hydrogen (secondary N) is 2. The smallest absolute Gasteiger partial charge is 0.258 e. The molecule has 172 valence electrons. The third kappa shape index (κ3) is 5.80. The monoisotopic (exact) mass is 464 g/mol. The summed E-state index contributed by atoms with van der Waals surface area (Å²) in [6.45, 7) is 1.67. The second-order valence-corrected chi connectivity index (χ2v) is 9.94. The number of hydrogen-bond donors (Lipinski definition) is 2. The lowest BCUT2D eigenvalue weighted by Gasteiger charge is -2.26. The molecule has 6 nitrogen and oxygen atoms in total.